The average Bonchev–Trinajstić information content (AvgIpc) is 2.21. The van der Waals surface area contributed by atoms with Gasteiger partial charge in [-0.25, -0.2) is 0 Å². The number of aliphatic hydroxyl groups is 1. The van der Waals surface area contributed by atoms with Crippen LogP contribution in [0.5, 0.6) is 0 Å². The number of amides is 1. The molecule has 1 atom stereocenters. The minimum absolute atomic E-state index is 0.000415. The summed E-state index contributed by atoms with van der Waals surface area (Å²) in [5.41, 5.74) is 0.772. The van der Waals surface area contributed by atoms with E-state index < -0.39 is 0 Å². The summed E-state index contributed by atoms with van der Waals surface area (Å²) in [4.78, 5) is 11.4. The van der Waals surface area contributed by atoms with Crippen LogP contribution in [0.4, 0.5) is 5.69 Å². The minimum atomic E-state index is -0.0705. The van der Waals surface area contributed by atoms with Gasteiger partial charge in [-0.05, 0) is 30.2 Å². The quantitative estimate of drug-likeness (QED) is 0.884. The molecule has 0 fully saturated rings. The van der Waals surface area contributed by atoms with Crippen molar-refractivity contribution in [3.8, 4) is 0 Å². The third-order valence-corrected chi connectivity index (χ3v) is 2.50. The second kappa shape index (κ2) is 5.88. The van der Waals surface area contributed by atoms with Crippen LogP contribution < -0.4 is 5.32 Å². The number of benzene rings is 1. The Labute approximate surface area is 97.6 Å². The number of carbonyl (C=O) groups excluding carboxylic acids is 1. The number of hydrogen-bond acceptors (Lipinski definition) is 2. The first kappa shape index (κ1) is 12.2. The molecule has 3 nitrogen and oxygen atoms in total. The van der Waals surface area contributed by atoms with Crippen LogP contribution in [-0.2, 0) is 4.79 Å². The van der Waals surface area contributed by atoms with Crippen LogP contribution in [0.1, 0.15) is 13.3 Å². The molecule has 1 amide bonds. The minimum Gasteiger partial charge on any atom is -0.396 e. The van der Waals surface area contributed by atoms with E-state index in [0.717, 1.165) is 10.2 Å². The Hall–Kier alpha value is -0.870. The second-order valence-electron chi connectivity index (χ2n) is 3.55. The third kappa shape index (κ3) is 4.44. The molecule has 0 saturated carbocycles. The van der Waals surface area contributed by atoms with Crippen molar-refractivity contribution in [3.63, 3.8) is 0 Å². The van der Waals surface area contributed by atoms with Gasteiger partial charge in [0.2, 0.25) is 5.91 Å². The number of rotatable bonds is 4. The molecule has 1 aromatic carbocycles. The fourth-order valence-electron chi connectivity index (χ4n) is 1.13. The predicted octanol–water partition coefficient (Wildman–Crippen LogP) is 2.41. The van der Waals surface area contributed by atoms with E-state index in [9.17, 15) is 4.79 Å². The van der Waals surface area contributed by atoms with Gasteiger partial charge < -0.3 is 10.4 Å². The van der Waals surface area contributed by atoms with Crippen molar-refractivity contribution in [1.82, 2.24) is 0 Å². The molecule has 0 heterocycles. The molecule has 0 saturated heterocycles. The van der Waals surface area contributed by atoms with Gasteiger partial charge in [0.15, 0.2) is 0 Å². The van der Waals surface area contributed by atoms with E-state index in [-0.39, 0.29) is 18.4 Å². The van der Waals surface area contributed by atoms with E-state index in [1.165, 1.54) is 0 Å². The van der Waals surface area contributed by atoms with Crippen molar-refractivity contribution in [3.05, 3.63) is 28.7 Å². The largest absolute Gasteiger partial charge is 0.396 e. The first-order valence-electron chi connectivity index (χ1n) is 4.78. The van der Waals surface area contributed by atoms with Gasteiger partial charge in [-0.3, -0.25) is 4.79 Å². The van der Waals surface area contributed by atoms with Crippen molar-refractivity contribution in [2.45, 2.75) is 13.3 Å². The summed E-state index contributed by atoms with van der Waals surface area (Å²) < 4.78 is 0.976. The Bertz CT molecular complexity index is 324. The SMILES string of the molecule is C[C@H](CO)CC(=O)Nc1ccc(Br)cc1. The molecule has 0 radical (unpaired) electrons. The molecule has 0 aromatic heterocycles. The zero-order chi connectivity index (χ0) is 11.3. The van der Waals surface area contributed by atoms with Crippen LogP contribution in [0.25, 0.3) is 0 Å². The Morgan fingerprint density at radius 1 is 1.47 bits per heavy atom. The molecular formula is C11H14BrNO2. The Morgan fingerprint density at radius 3 is 2.60 bits per heavy atom. The van der Waals surface area contributed by atoms with E-state index in [1.807, 2.05) is 31.2 Å². The Morgan fingerprint density at radius 2 is 2.07 bits per heavy atom. The highest BCUT2D eigenvalue weighted by atomic mass is 79.9. The molecule has 1 aromatic rings. The maximum absolute atomic E-state index is 11.4. The van der Waals surface area contributed by atoms with Crippen LogP contribution in [0, 0.1) is 5.92 Å². The van der Waals surface area contributed by atoms with Crippen molar-refractivity contribution in [2.24, 2.45) is 5.92 Å². The topological polar surface area (TPSA) is 49.3 Å². The van der Waals surface area contributed by atoms with Crippen LogP contribution in [0.3, 0.4) is 0 Å². The van der Waals surface area contributed by atoms with Crippen LogP contribution >= 0.6 is 15.9 Å². The van der Waals surface area contributed by atoms with Crippen molar-refractivity contribution in [1.29, 1.82) is 0 Å². The fourth-order valence-corrected chi connectivity index (χ4v) is 1.39. The molecule has 4 heteroatoms. The van der Waals surface area contributed by atoms with Crippen LogP contribution in [0.15, 0.2) is 28.7 Å². The monoisotopic (exact) mass is 271 g/mol. The molecule has 0 spiro atoms. The summed E-state index contributed by atoms with van der Waals surface area (Å²) in [6.45, 7) is 1.87. The lowest BCUT2D eigenvalue weighted by molar-refractivity contribution is -0.117. The van der Waals surface area contributed by atoms with E-state index >= 15 is 0 Å². The van der Waals surface area contributed by atoms with Gasteiger partial charge in [-0.15, -0.1) is 0 Å². The Balaban J connectivity index is 2.48. The van der Waals surface area contributed by atoms with Crippen molar-refractivity contribution in [2.75, 3.05) is 11.9 Å². The summed E-state index contributed by atoms with van der Waals surface area (Å²) in [5, 5.41) is 11.6. The average molecular weight is 272 g/mol. The van der Waals surface area contributed by atoms with Gasteiger partial charge in [0.1, 0.15) is 0 Å². The highest BCUT2D eigenvalue weighted by molar-refractivity contribution is 9.10. The van der Waals surface area contributed by atoms with Gasteiger partial charge in [0.25, 0.3) is 0 Å². The van der Waals surface area contributed by atoms with E-state index in [1.54, 1.807) is 0 Å². The molecule has 0 bridgehead atoms. The summed E-state index contributed by atoms with van der Waals surface area (Å²) >= 11 is 3.32. The predicted molar refractivity (Wildman–Crippen MR) is 63.6 cm³/mol. The van der Waals surface area contributed by atoms with Gasteiger partial charge in [-0.1, -0.05) is 22.9 Å². The number of hydrogen-bond donors (Lipinski definition) is 2. The molecule has 0 aliphatic rings. The maximum atomic E-state index is 11.4. The molecule has 15 heavy (non-hydrogen) atoms. The molecule has 82 valence electrons. The van der Waals surface area contributed by atoms with Crippen molar-refractivity contribution >= 4 is 27.5 Å². The van der Waals surface area contributed by atoms with Crippen LogP contribution in [0.2, 0.25) is 0 Å². The summed E-state index contributed by atoms with van der Waals surface area (Å²) in [5.74, 6) is -0.0701. The first-order valence-corrected chi connectivity index (χ1v) is 5.57. The summed E-state index contributed by atoms with van der Waals surface area (Å²) in [6, 6.07) is 7.38. The van der Waals surface area contributed by atoms with Crippen LogP contribution in [-0.4, -0.2) is 17.6 Å². The molecular weight excluding hydrogens is 258 g/mol. The molecule has 1 rings (SSSR count). The van der Waals surface area contributed by atoms with Gasteiger partial charge in [-0.2, -0.15) is 0 Å². The normalized spacial score (nSPS) is 12.2. The maximum Gasteiger partial charge on any atom is 0.224 e. The van der Waals surface area contributed by atoms with E-state index in [0.29, 0.717) is 6.42 Å². The molecule has 0 aliphatic carbocycles. The number of nitrogens with one attached hydrogen (secondary N) is 1. The highest BCUT2D eigenvalue weighted by Gasteiger charge is 2.07. The lowest BCUT2D eigenvalue weighted by atomic mass is 10.1. The fraction of sp³-hybridized carbons (Fsp3) is 0.364. The number of carbonyl (C=O) groups is 1. The summed E-state index contributed by atoms with van der Waals surface area (Å²) in [6.07, 6.45) is 0.340. The lowest BCUT2D eigenvalue weighted by Crippen LogP contribution is -2.16. The Kier molecular flexibility index (Phi) is 4.78. The lowest BCUT2D eigenvalue weighted by Gasteiger charge is -2.08. The van der Waals surface area contributed by atoms with E-state index in [4.69, 9.17) is 5.11 Å². The van der Waals surface area contributed by atoms with Gasteiger partial charge in [0, 0.05) is 23.2 Å². The standard InChI is InChI=1S/C11H14BrNO2/c1-8(7-14)6-11(15)13-10-4-2-9(12)3-5-10/h2-5,8,14H,6-7H2,1H3,(H,13,15)/t8-/m0/s1. The number of aliphatic hydroxyl groups excluding tert-OH is 1. The molecule has 2 N–H and O–H groups in total. The van der Waals surface area contributed by atoms with Gasteiger partial charge in [0.05, 0.1) is 0 Å². The van der Waals surface area contributed by atoms with E-state index in [2.05, 4.69) is 21.2 Å². The number of anilines is 1. The third-order valence-electron chi connectivity index (χ3n) is 1.97. The first-order chi connectivity index (χ1) is 7.11. The van der Waals surface area contributed by atoms with Crippen molar-refractivity contribution < 1.29 is 9.90 Å². The molecule has 0 unspecified atom stereocenters. The van der Waals surface area contributed by atoms with Gasteiger partial charge >= 0.3 is 0 Å². The zero-order valence-electron chi connectivity index (χ0n) is 8.53. The smallest absolute Gasteiger partial charge is 0.224 e. The summed E-state index contributed by atoms with van der Waals surface area (Å²) in [7, 11) is 0. The highest BCUT2D eigenvalue weighted by Crippen LogP contribution is 2.14. The second-order valence-corrected chi connectivity index (χ2v) is 4.46. The number of halogens is 1. The molecule has 0 aliphatic heterocycles. The zero-order valence-corrected chi connectivity index (χ0v) is 10.1.